The fraction of sp³-hybridized carbons (Fsp3) is 0.294. The minimum atomic E-state index is 0.0437. The molecular formula is C17H18O3. The Morgan fingerprint density at radius 1 is 1.10 bits per heavy atom. The van der Waals surface area contributed by atoms with E-state index in [1.807, 2.05) is 30.3 Å². The van der Waals surface area contributed by atoms with Gasteiger partial charge >= 0.3 is 0 Å². The fourth-order valence-corrected chi connectivity index (χ4v) is 2.42. The van der Waals surface area contributed by atoms with Crippen LogP contribution in [0.5, 0.6) is 11.5 Å². The van der Waals surface area contributed by atoms with Gasteiger partial charge in [-0.15, -0.1) is 0 Å². The first-order valence-corrected chi connectivity index (χ1v) is 6.92. The van der Waals surface area contributed by atoms with Gasteiger partial charge in [0.1, 0.15) is 11.5 Å². The molecule has 0 spiro atoms. The van der Waals surface area contributed by atoms with E-state index in [1.165, 1.54) is 11.1 Å². The highest BCUT2D eigenvalue weighted by Crippen LogP contribution is 2.26. The summed E-state index contributed by atoms with van der Waals surface area (Å²) in [6.45, 7) is 1.47. The predicted octanol–water partition coefficient (Wildman–Crippen LogP) is 2.74. The molecule has 20 heavy (non-hydrogen) atoms. The van der Waals surface area contributed by atoms with Gasteiger partial charge in [-0.3, -0.25) is 0 Å². The van der Waals surface area contributed by atoms with Crippen molar-refractivity contribution in [2.75, 3.05) is 13.2 Å². The molecule has 0 atom stereocenters. The monoisotopic (exact) mass is 270 g/mol. The molecule has 3 nitrogen and oxygen atoms in total. The highest BCUT2D eigenvalue weighted by Gasteiger charge is 2.11. The van der Waals surface area contributed by atoms with Gasteiger partial charge in [0.2, 0.25) is 0 Å². The second kappa shape index (κ2) is 5.97. The summed E-state index contributed by atoms with van der Waals surface area (Å²) in [5.74, 6) is 1.83. The topological polar surface area (TPSA) is 38.7 Å². The second-order valence-electron chi connectivity index (χ2n) is 4.94. The maximum atomic E-state index is 9.09. The second-order valence-corrected chi connectivity index (χ2v) is 4.94. The normalized spacial score (nSPS) is 12.8. The number of ether oxygens (including phenoxy) is 2. The Hall–Kier alpha value is -2.00. The van der Waals surface area contributed by atoms with Gasteiger partial charge in [-0.05, 0) is 34.9 Å². The Kier molecular flexibility index (Phi) is 3.88. The Balaban J connectivity index is 1.57. The maximum absolute atomic E-state index is 9.09. The molecule has 0 aromatic heterocycles. The summed E-state index contributed by atoms with van der Waals surface area (Å²) in [7, 11) is 0. The minimum absolute atomic E-state index is 0.0437. The molecule has 1 heterocycles. The van der Waals surface area contributed by atoms with Crippen molar-refractivity contribution in [3.05, 3.63) is 59.2 Å². The third-order valence-electron chi connectivity index (χ3n) is 3.49. The summed E-state index contributed by atoms with van der Waals surface area (Å²) in [6, 6.07) is 13.9. The first kappa shape index (κ1) is 13.0. The maximum Gasteiger partial charge on any atom is 0.122 e. The summed E-state index contributed by atoms with van der Waals surface area (Å²) in [5, 5.41) is 9.09. The van der Waals surface area contributed by atoms with E-state index in [1.54, 1.807) is 0 Å². The molecule has 0 aliphatic carbocycles. The van der Waals surface area contributed by atoms with E-state index < -0.39 is 0 Å². The average molecular weight is 270 g/mol. The van der Waals surface area contributed by atoms with Crippen LogP contribution in [-0.4, -0.2) is 18.3 Å². The summed E-state index contributed by atoms with van der Waals surface area (Å²) >= 11 is 0. The van der Waals surface area contributed by atoms with E-state index in [0.717, 1.165) is 36.5 Å². The van der Waals surface area contributed by atoms with Crippen molar-refractivity contribution in [1.29, 1.82) is 0 Å². The van der Waals surface area contributed by atoms with Gasteiger partial charge in [-0.2, -0.15) is 0 Å². The van der Waals surface area contributed by atoms with Crippen LogP contribution < -0.4 is 9.47 Å². The van der Waals surface area contributed by atoms with Crippen LogP contribution in [0.3, 0.4) is 0 Å². The summed E-state index contributed by atoms with van der Waals surface area (Å²) in [6.07, 6.45) is 1.87. The molecule has 0 fully saturated rings. The third-order valence-corrected chi connectivity index (χ3v) is 3.49. The lowest BCUT2D eigenvalue weighted by molar-refractivity contribution is 0.279. The van der Waals surface area contributed by atoms with Gasteiger partial charge in [0, 0.05) is 12.8 Å². The molecule has 0 saturated carbocycles. The zero-order chi connectivity index (χ0) is 13.8. The van der Waals surface area contributed by atoms with E-state index in [4.69, 9.17) is 14.6 Å². The Bertz CT molecular complexity index is 593. The SMILES string of the molecule is OCc1cccc(OCCc2ccc3c(c2)CCO3)c1. The van der Waals surface area contributed by atoms with Crippen LogP contribution in [0.25, 0.3) is 0 Å². The van der Waals surface area contributed by atoms with E-state index >= 15 is 0 Å². The average Bonchev–Trinajstić information content (AvgIpc) is 2.95. The van der Waals surface area contributed by atoms with Crippen LogP contribution in [0.1, 0.15) is 16.7 Å². The van der Waals surface area contributed by atoms with Gasteiger partial charge in [-0.1, -0.05) is 24.3 Å². The molecule has 0 radical (unpaired) electrons. The molecule has 1 aliphatic rings. The first-order valence-electron chi connectivity index (χ1n) is 6.92. The van der Waals surface area contributed by atoms with Crippen molar-refractivity contribution < 1.29 is 14.6 Å². The van der Waals surface area contributed by atoms with Gasteiger partial charge in [0.15, 0.2) is 0 Å². The van der Waals surface area contributed by atoms with E-state index in [0.29, 0.717) is 6.61 Å². The van der Waals surface area contributed by atoms with E-state index in [2.05, 4.69) is 12.1 Å². The summed E-state index contributed by atoms with van der Waals surface area (Å²) in [5.41, 5.74) is 3.44. The molecular weight excluding hydrogens is 252 g/mol. The number of aliphatic hydroxyl groups excluding tert-OH is 1. The van der Waals surface area contributed by atoms with Gasteiger partial charge in [0.05, 0.1) is 19.8 Å². The highest BCUT2D eigenvalue weighted by molar-refractivity contribution is 5.39. The van der Waals surface area contributed by atoms with Crippen LogP contribution in [0, 0.1) is 0 Å². The number of aliphatic hydroxyl groups is 1. The molecule has 2 aromatic rings. The molecule has 0 bridgehead atoms. The molecule has 0 amide bonds. The first-order chi connectivity index (χ1) is 9.85. The molecule has 0 saturated heterocycles. The van der Waals surface area contributed by atoms with Crippen molar-refractivity contribution in [3.8, 4) is 11.5 Å². The molecule has 1 aliphatic heterocycles. The Morgan fingerprint density at radius 2 is 2.05 bits per heavy atom. The lowest BCUT2D eigenvalue weighted by Crippen LogP contribution is -2.02. The zero-order valence-electron chi connectivity index (χ0n) is 11.3. The van der Waals surface area contributed by atoms with Crippen LogP contribution in [0.2, 0.25) is 0 Å². The summed E-state index contributed by atoms with van der Waals surface area (Å²) in [4.78, 5) is 0. The Labute approximate surface area is 118 Å². The van der Waals surface area contributed by atoms with Crippen molar-refractivity contribution >= 4 is 0 Å². The molecule has 3 rings (SSSR count). The van der Waals surface area contributed by atoms with E-state index in [-0.39, 0.29) is 6.61 Å². The number of rotatable bonds is 5. The molecule has 2 aromatic carbocycles. The number of fused-ring (bicyclic) bond motifs is 1. The lowest BCUT2D eigenvalue weighted by Gasteiger charge is -2.08. The van der Waals surface area contributed by atoms with Gasteiger partial charge in [0.25, 0.3) is 0 Å². The lowest BCUT2D eigenvalue weighted by atomic mass is 10.1. The van der Waals surface area contributed by atoms with Crippen LogP contribution in [-0.2, 0) is 19.4 Å². The largest absolute Gasteiger partial charge is 0.493 e. The van der Waals surface area contributed by atoms with Crippen molar-refractivity contribution in [2.45, 2.75) is 19.4 Å². The standard InChI is InChI=1S/C17H18O3/c18-12-14-2-1-3-16(11-14)19-8-6-13-4-5-17-15(10-13)7-9-20-17/h1-5,10-11,18H,6-9,12H2. The fourth-order valence-electron chi connectivity index (χ4n) is 2.42. The zero-order valence-corrected chi connectivity index (χ0v) is 11.3. The Morgan fingerprint density at radius 3 is 2.95 bits per heavy atom. The van der Waals surface area contributed by atoms with Crippen molar-refractivity contribution in [2.24, 2.45) is 0 Å². The third kappa shape index (κ3) is 2.94. The quantitative estimate of drug-likeness (QED) is 0.908. The number of hydrogen-bond acceptors (Lipinski definition) is 3. The van der Waals surface area contributed by atoms with Gasteiger partial charge in [-0.25, -0.2) is 0 Å². The highest BCUT2D eigenvalue weighted by atomic mass is 16.5. The van der Waals surface area contributed by atoms with Crippen molar-refractivity contribution in [1.82, 2.24) is 0 Å². The molecule has 1 N–H and O–H groups in total. The van der Waals surface area contributed by atoms with Crippen LogP contribution in [0.4, 0.5) is 0 Å². The minimum Gasteiger partial charge on any atom is -0.493 e. The molecule has 3 heteroatoms. The molecule has 104 valence electrons. The predicted molar refractivity (Wildman–Crippen MR) is 77.2 cm³/mol. The smallest absolute Gasteiger partial charge is 0.122 e. The van der Waals surface area contributed by atoms with Crippen LogP contribution >= 0.6 is 0 Å². The number of hydrogen-bond donors (Lipinski definition) is 1. The van der Waals surface area contributed by atoms with E-state index in [9.17, 15) is 0 Å². The molecule has 0 unspecified atom stereocenters. The number of benzene rings is 2. The van der Waals surface area contributed by atoms with Crippen molar-refractivity contribution in [3.63, 3.8) is 0 Å². The van der Waals surface area contributed by atoms with Gasteiger partial charge < -0.3 is 14.6 Å². The summed E-state index contributed by atoms with van der Waals surface area (Å²) < 4.78 is 11.2. The van der Waals surface area contributed by atoms with Crippen LogP contribution in [0.15, 0.2) is 42.5 Å².